The summed E-state index contributed by atoms with van der Waals surface area (Å²) in [5.74, 6) is 0. The molecule has 0 aliphatic rings. The highest BCUT2D eigenvalue weighted by molar-refractivity contribution is 5.51. The van der Waals surface area contributed by atoms with E-state index in [1.54, 1.807) is 6.20 Å². The van der Waals surface area contributed by atoms with Crippen LogP contribution in [0, 0.1) is 13.8 Å². The third-order valence-electron chi connectivity index (χ3n) is 3.98. The fourth-order valence-electron chi connectivity index (χ4n) is 2.49. The second-order valence-electron chi connectivity index (χ2n) is 5.31. The first-order valence-electron chi connectivity index (χ1n) is 7.11. The first kappa shape index (κ1) is 13.5. The topological polar surface area (TPSA) is 34.8 Å². The molecule has 2 heterocycles. The average Bonchev–Trinajstić information content (AvgIpc) is 3.11. The number of hydrogen-bond acceptors (Lipinski definition) is 2. The number of benzene rings is 1. The molecule has 4 nitrogen and oxygen atoms in total. The molecule has 2 aromatic heterocycles. The number of aromatic nitrogens is 3. The lowest BCUT2D eigenvalue weighted by atomic mass is 10.2. The summed E-state index contributed by atoms with van der Waals surface area (Å²) >= 11 is 0. The molecule has 21 heavy (non-hydrogen) atoms. The number of hydrogen-bond donors (Lipinski definition) is 1. The van der Waals surface area contributed by atoms with Gasteiger partial charge in [0, 0.05) is 43.1 Å². The Labute approximate surface area is 125 Å². The van der Waals surface area contributed by atoms with Crippen molar-refractivity contribution in [1.82, 2.24) is 14.3 Å². The number of anilines is 1. The van der Waals surface area contributed by atoms with Gasteiger partial charge < -0.3 is 9.88 Å². The summed E-state index contributed by atoms with van der Waals surface area (Å²) in [4.78, 5) is 0. The third kappa shape index (κ3) is 2.70. The summed E-state index contributed by atoms with van der Waals surface area (Å²) in [6, 6.07) is 12.4. The Kier molecular flexibility index (Phi) is 3.52. The summed E-state index contributed by atoms with van der Waals surface area (Å²) in [5, 5.41) is 7.75. The van der Waals surface area contributed by atoms with E-state index in [-0.39, 0.29) is 0 Å². The van der Waals surface area contributed by atoms with Crippen LogP contribution in [0.4, 0.5) is 5.69 Å². The normalized spacial score (nSPS) is 10.8. The second-order valence-corrected chi connectivity index (χ2v) is 5.31. The van der Waals surface area contributed by atoms with E-state index in [9.17, 15) is 0 Å². The standard InChI is InChI=1S/C17H20N4/c1-13-10-15(14(2)20(13)3)12-18-16-6-4-7-17(11-16)21-9-5-8-19-21/h4-11,18H,12H2,1-3H3. The second kappa shape index (κ2) is 5.48. The van der Waals surface area contributed by atoms with Crippen LogP contribution < -0.4 is 5.32 Å². The maximum absolute atomic E-state index is 4.26. The Hall–Kier alpha value is -2.49. The molecule has 0 atom stereocenters. The molecule has 0 aliphatic carbocycles. The van der Waals surface area contributed by atoms with Crippen molar-refractivity contribution in [1.29, 1.82) is 0 Å². The molecular formula is C17H20N4. The van der Waals surface area contributed by atoms with E-state index in [0.717, 1.165) is 17.9 Å². The van der Waals surface area contributed by atoms with Crippen LogP contribution in [-0.2, 0) is 13.6 Å². The molecule has 0 aliphatic heterocycles. The van der Waals surface area contributed by atoms with Crippen molar-refractivity contribution in [3.63, 3.8) is 0 Å². The van der Waals surface area contributed by atoms with Crippen molar-refractivity contribution in [2.24, 2.45) is 7.05 Å². The van der Waals surface area contributed by atoms with Gasteiger partial charge in [0.05, 0.1) is 5.69 Å². The minimum Gasteiger partial charge on any atom is -0.381 e. The molecule has 3 aromatic rings. The summed E-state index contributed by atoms with van der Waals surface area (Å²) in [6.07, 6.45) is 3.74. The Morgan fingerprint density at radius 2 is 2.00 bits per heavy atom. The molecular weight excluding hydrogens is 260 g/mol. The van der Waals surface area contributed by atoms with Gasteiger partial charge in [0.1, 0.15) is 0 Å². The number of nitrogens with one attached hydrogen (secondary N) is 1. The van der Waals surface area contributed by atoms with Crippen molar-refractivity contribution in [2.45, 2.75) is 20.4 Å². The van der Waals surface area contributed by atoms with Crippen LogP contribution in [0.1, 0.15) is 17.0 Å². The lowest BCUT2D eigenvalue weighted by Crippen LogP contribution is -2.02. The van der Waals surface area contributed by atoms with E-state index in [1.165, 1.54) is 17.0 Å². The third-order valence-corrected chi connectivity index (χ3v) is 3.98. The zero-order chi connectivity index (χ0) is 14.8. The molecule has 0 spiro atoms. The zero-order valence-corrected chi connectivity index (χ0v) is 12.7. The van der Waals surface area contributed by atoms with E-state index >= 15 is 0 Å². The number of rotatable bonds is 4. The molecule has 0 bridgehead atoms. The van der Waals surface area contributed by atoms with Crippen LogP contribution in [0.25, 0.3) is 5.69 Å². The molecule has 4 heteroatoms. The molecule has 0 amide bonds. The molecule has 1 N–H and O–H groups in total. The van der Waals surface area contributed by atoms with E-state index in [2.05, 4.69) is 60.1 Å². The van der Waals surface area contributed by atoms with Crippen molar-refractivity contribution in [3.05, 3.63) is 65.7 Å². The SMILES string of the molecule is Cc1cc(CNc2cccc(-n3cccn3)c2)c(C)n1C. The van der Waals surface area contributed by atoms with Gasteiger partial charge in [-0.25, -0.2) is 4.68 Å². The highest BCUT2D eigenvalue weighted by atomic mass is 15.3. The van der Waals surface area contributed by atoms with Crippen LogP contribution in [0.15, 0.2) is 48.8 Å². The van der Waals surface area contributed by atoms with Crippen LogP contribution in [0.2, 0.25) is 0 Å². The van der Waals surface area contributed by atoms with Crippen molar-refractivity contribution < 1.29 is 0 Å². The highest BCUT2D eigenvalue weighted by Crippen LogP contribution is 2.18. The smallest absolute Gasteiger partial charge is 0.0666 e. The summed E-state index contributed by atoms with van der Waals surface area (Å²) in [6.45, 7) is 5.12. The molecule has 108 valence electrons. The largest absolute Gasteiger partial charge is 0.381 e. The Morgan fingerprint density at radius 1 is 1.14 bits per heavy atom. The molecule has 0 saturated carbocycles. The predicted octanol–water partition coefficient (Wildman–Crippen LogP) is 3.44. The van der Waals surface area contributed by atoms with Gasteiger partial charge in [-0.15, -0.1) is 0 Å². The van der Waals surface area contributed by atoms with Crippen LogP contribution in [0.5, 0.6) is 0 Å². The van der Waals surface area contributed by atoms with Crippen molar-refractivity contribution in [3.8, 4) is 5.69 Å². The molecule has 0 unspecified atom stereocenters. The minimum absolute atomic E-state index is 0.829. The first-order valence-corrected chi connectivity index (χ1v) is 7.11. The Bertz CT molecular complexity index is 738. The Morgan fingerprint density at radius 3 is 2.67 bits per heavy atom. The van der Waals surface area contributed by atoms with Crippen LogP contribution in [0.3, 0.4) is 0 Å². The van der Waals surface area contributed by atoms with Gasteiger partial charge in [-0.3, -0.25) is 0 Å². The fraction of sp³-hybridized carbons (Fsp3) is 0.235. The summed E-state index contributed by atoms with van der Waals surface area (Å²) in [5.41, 5.74) is 6.09. The maximum Gasteiger partial charge on any atom is 0.0666 e. The zero-order valence-electron chi connectivity index (χ0n) is 12.7. The quantitative estimate of drug-likeness (QED) is 0.794. The molecule has 3 rings (SSSR count). The first-order chi connectivity index (χ1) is 10.1. The van der Waals surface area contributed by atoms with Gasteiger partial charge in [0.2, 0.25) is 0 Å². The van der Waals surface area contributed by atoms with E-state index in [4.69, 9.17) is 0 Å². The van der Waals surface area contributed by atoms with Crippen molar-refractivity contribution in [2.75, 3.05) is 5.32 Å². The van der Waals surface area contributed by atoms with Gasteiger partial charge in [-0.05, 0) is 49.7 Å². The number of aryl methyl sites for hydroxylation is 1. The van der Waals surface area contributed by atoms with Gasteiger partial charge in [-0.1, -0.05) is 6.07 Å². The van der Waals surface area contributed by atoms with Crippen LogP contribution in [-0.4, -0.2) is 14.3 Å². The molecule has 1 aromatic carbocycles. The van der Waals surface area contributed by atoms with E-state index in [1.807, 2.05) is 23.0 Å². The van der Waals surface area contributed by atoms with E-state index in [0.29, 0.717) is 0 Å². The monoisotopic (exact) mass is 280 g/mol. The maximum atomic E-state index is 4.26. The van der Waals surface area contributed by atoms with E-state index < -0.39 is 0 Å². The molecule has 0 radical (unpaired) electrons. The molecule has 0 fully saturated rings. The minimum atomic E-state index is 0.829. The number of nitrogens with zero attached hydrogens (tertiary/aromatic N) is 3. The summed E-state index contributed by atoms with van der Waals surface area (Å²) < 4.78 is 4.08. The molecule has 0 saturated heterocycles. The van der Waals surface area contributed by atoms with Gasteiger partial charge in [0.15, 0.2) is 0 Å². The van der Waals surface area contributed by atoms with Crippen molar-refractivity contribution >= 4 is 5.69 Å². The summed E-state index contributed by atoms with van der Waals surface area (Å²) in [7, 11) is 2.10. The lowest BCUT2D eigenvalue weighted by molar-refractivity contribution is 0.837. The van der Waals surface area contributed by atoms with Crippen LogP contribution >= 0.6 is 0 Å². The van der Waals surface area contributed by atoms with Gasteiger partial charge >= 0.3 is 0 Å². The highest BCUT2D eigenvalue weighted by Gasteiger charge is 2.06. The fourth-order valence-corrected chi connectivity index (χ4v) is 2.49. The van der Waals surface area contributed by atoms with Gasteiger partial charge in [-0.2, -0.15) is 5.10 Å². The van der Waals surface area contributed by atoms with Gasteiger partial charge in [0.25, 0.3) is 0 Å². The Balaban J connectivity index is 1.76. The predicted molar refractivity (Wildman–Crippen MR) is 85.8 cm³/mol. The average molecular weight is 280 g/mol. The lowest BCUT2D eigenvalue weighted by Gasteiger charge is -2.09.